The van der Waals surface area contributed by atoms with Crippen LogP contribution in [0.2, 0.25) is 0 Å². The van der Waals surface area contributed by atoms with Crippen molar-refractivity contribution in [1.29, 1.82) is 0 Å². The van der Waals surface area contributed by atoms with Gasteiger partial charge in [0.2, 0.25) is 0 Å². The Morgan fingerprint density at radius 2 is 1.67 bits per heavy atom. The van der Waals surface area contributed by atoms with E-state index >= 15 is 0 Å². The molecule has 0 amide bonds. The van der Waals surface area contributed by atoms with Gasteiger partial charge >= 0.3 is 0 Å². The Labute approximate surface area is 108 Å². The Morgan fingerprint density at radius 1 is 0.889 bits per heavy atom. The van der Waals surface area contributed by atoms with Crippen molar-refractivity contribution in [3.05, 3.63) is 65.7 Å². The van der Waals surface area contributed by atoms with Crippen molar-refractivity contribution in [3.8, 4) is 0 Å². The van der Waals surface area contributed by atoms with Crippen LogP contribution in [0, 0.1) is 0 Å². The fourth-order valence-electron chi connectivity index (χ4n) is 1.92. The maximum absolute atomic E-state index is 8.83. The van der Waals surface area contributed by atoms with E-state index in [1.165, 1.54) is 11.1 Å². The second-order valence-corrected chi connectivity index (χ2v) is 4.37. The number of hydrogen-bond donors (Lipinski definition) is 2. The van der Waals surface area contributed by atoms with Crippen LogP contribution in [0.3, 0.4) is 0 Å². The summed E-state index contributed by atoms with van der Waals surface area (Å²) in [6.45, 7) is 1.09. The SMILES string of the molecule is OCCCc1cccc(NCc2ccccc2)c1. The Bertz CT molecular complexity index is 468. The molecule has 2 rings (SSSR count). The molecule has 0 heterocycles. The van der Waals surface area contributed by atoms with Crippen LogP contribution in [0.25, 0.3) is 0 Å². The maximum atomic E-state index is 8.83. The molecule has 0 saturated heterocycles. The highest BCUT2D eigenvalue weighted by atomic mass is 16.2. The van der Waals surface area contributed by atoms with Gasteiger partial charge in [-0.3, -0.25) is 0 Å². The molecule has 18 heavy (non-hydrogen) atoms. The van der Waals surface area contributed by atoms with Gasteiger partial charge in [0.05, 0.1) is 0 Å². The molecule has 0 aliphatic heterocycles. The summed E-state index contributed by atoms with van der Waals surface area (Å²) in [5, 5.41) is 12.2. The second-order valence-electron chi connectivity index (χ2n) is 4.37. The van der Waals surface area contributed by atoms with E-state index in [1.54, 1.807) is 0 Å². The third kappa shape index (κ3) is 3.90. The average molecular weight is 241 g/mol. The van der Waals surface area contributed by atoms with Crippen molar-refractivity contribution in [2.24, 2.45) is 0 Å². The summed E-state index contributed by atoms with van der Waals surface area (Å²) in [5.74, 6) is 0. The zero-order valence-electron chi connectivity index (χ0n) is 10.5. The molecule has 0 radical (unpaired) electrons. The van der Waals surface area contributed by atoms with Gasteiger partial charge < -0.3 is 10.4 Å². The lowest BCUT2D eigenvalue weighted by molar-refractivity contribution is 0.288. The van der Waals surface area contributed by atoms with Gasteiger partial charge in [0.15, 0.2) is 0 Å². The molecule has 0 aliphatic rings. The zero-order valence-corrected chi connectivity index (χ0v) is 10.5. The van der Waals surface area contributed by atoms with Gasteiger partial charge in [0.25, 0.3) is 0 Å². The minimum Gasteiger partial charge on any atom is -0.396 e. The van der Waals surface area contributed by atoms with E-state index in [2.05, 4.69) is 53.8 Å². The Balaban J connectivity index is 1.93. The normalized spacial score (nSPS) is 10.3. The molecule has 0 atom stereocenters. The number of aliphatic hydroxyl groups excluding tert-OH is 1. The first kappa shape index (κ1) is 12.7. The summed E-state index contributed by atoms with van der Waals surface area (Å²) in [6, 6.07) is 18.7. The van der Waals surface area contributed by atoms with E-state index in [1.807, 2.05) is 6.07 Å². The topological polar surface area (TPSA) is 32.3 Å². The van der Waals surface area contributed by atoms with Crippen LogP contribution in [0.5, 0.6) is 0 Å². The molecule has 0 aromatic heterocycles. The summed E-state index contributed by atoms with van der Waals surface area (Å²) < 4.78 is 0. The maximum Gasteiger partial charge on any atom is 0.0434 e. The van der Waals surface area contributed by atoms with Crippen molar-refractivity contribution >= 4 is 5.69 Å². The standard InChI is InChI=1S/C16H19NO/c18-11-5-9-14-8-4-10-16(12-14)17-13-15-6-2-1-3-7-15/h1-4,6-8,10,12,17-18H,5,9,11,13H2. The molecule has 0 fully saturated rings. The third-order valence-corrected chi connectivity index (χ3v) is 2.89. The van der Waals surface area contributed by atoms with E-state index in [-0.39, 0.29) is 6.61 Å². The van der Waals surface area contributed by atoms with Crippen molar-refractivity contribution in [1.82, 2.24) is 0 Å². The van der Waals surface area contributed by atoms with Crippen molar-refractivity contribution in [2.75, 3.05) is 11.9 Å². The largest absolute Gasteiger partial charge is 0.396 e. The lowest BCUT2D eigenvalue weighted by Crippen LogP contribution is -1.99. The lowest BCUT2D eigenvalue weighted by atomic mass is 10.1. The van der Waals surface area contributed by atoms with Gasteiger partial charge in [-0.25, -0.2) is 0 Å². The van der Waals surface area contributed by atoms with Crippen LogP contribution in [-0.2, 0) is 13.0 Å². The van der Waals surface area contributed by atoms with Gasteiger partial charge in [-0.15, -0.1) is 0 Å². The summed E-state index contributed by atoms with van der Waals surface area (Å²) in [7, 11) is 0. The first-order valence-corrected chi connectivity index (χ1v) is 6.36. The summed E-state index contributed by atoms with van der Waals surface area (Å²) in [6.07, 6.45) is 1.75. The molecule has 0 unspecified atom stereocenters. The molecule has 94 valence electrons. The number of aliphatic hydroxyl groups is 1. The summed E-state index contributed by atoms with van der Waals surface area (Å²) >= 11 is 0. The van der Waals surface area contributed by atoms with Gasteiger partial charge in [0, 0.05) is 18.8 Å². The molecule has 0 bridgehead atoms. The van der Waals surface area contributed by atoms with E-state index in [0.29, 0.717) is 0 Å². The predicted octanol–water partition coefficient (Wildman–Crippen LogP) is 3.22. The molecule has 0 aliphatic carbocycles. The van der Waals surface area contributed by atoms with Gasteiger partial charge in [-0.05, 0) is 36.1 Å². The van der Waals surface area contributed by atoms with Crippen LogP contribution in [0.4, 0.5) is 5.69 Å². The second kappa shape index (κ2) is 6.82. The molecular weight excluding hydrogens is 222 g/mol. The monoisotopic (exact) mass is 241 g/mol. The molecule has 0 spiro atoms. The van der Waals surface area contributed by atoms with Crippen molar-refractivity contribution < 1.29 is 5.11 Å². The fourth-order valence-corrected chi connectivity index (χ4v) is 1.92. The lowest BCUT2D eigenvalue weighted by Gasteiger charge is -2.08. The summed E-state index contributed by atoms with van der Waals surface area (Å²) in [4.78, 5) is 0. The molecule has 2 N–H and O–H groups in total. The quantitative estimate of drug-likeness (QED) is 0.814. The van der Waals surface area contributed by atoms with Crippen molar-refractivity contribution in [3.63, 3.8) is 0 Å². The zero-order chi connectivity index (χ0) is 12.6. The summed E-state index contributed by atoms with van der Waals surface area (Å²) in [5.41, 5.74) is 3.68. The van der Waals surface area contributed by atoms with Crippen molar-refractivity contribution in [2.45, 2.75) is 19.4 Å². The highest BCUT2D eigenvalue weighted by Gasteiger charge is 1.96. The minimum atomic E-state index is 0.252. The first-order valence-electron chi connectivity index (χ1n) is 6.36. The molecule has 0 saturated carbocycles. The van der Waals surface area contributed by atoms with Gasteiger partial charge in [0.1, 0.15) is 0 Å². The molecule has 2 aromatic rings. The number of benzene rings is 2. The van der Waals surface area contributed by atoms with E-state index in [0.717, 1.165) is 25.1 Å². The van der Waals surface area contributed by atoms with Gasteiger partial charge in [-0.1, -0.05) is 42.5 Å². The molecule has 2 aromatic carbocycles. The van der Waals surface area contributed by atoms with Gasteiger partial charge in [-0.2, -0.15) is 0 Å². The van der Waals surface area contributed by atoms with E-state index in [9.17, 15) is 0 Å². The predicted molar refractivity (Wildman–Crippen MR) is 75.6 cm³/mol. The van der Waals surface area contributed by atoms with E-state index < -0.39 is 0 Å². The fraction of sp³-hybridized carbons (Fsp3) is 0.250. The van der Waals surface area contributed by atoms with Crippen LogP contribution in [0.15, 0.2) is 54.6 Å². The number of anilines is 1. The van der Waals surface area contributed by atoms with E-state index in [4.69, 9.17) is 5.11 Å². The average Bonchev–Trinajstić information content (AvgIpc) is 2.44. The Hall–Kier alpha value is -1.80. The van der Waals surface area contributed by atoms with Crippen LogP contribution < -0.4 is 5.32 Å². The smallest absolute Gasteiger partial charge is 0.0434 e. The van der Waals surface area contributed by atoms with Crippen LogP contribution in [0.1, 0.15) is 17.5 Å². The molecule has 2 nitrogen and oxygen atoms in total. The van der Waals surface area contributed by atoms with Crippen LogP contribution in [-0.4, -0.2) is 11.7 Å². The highest BCUT2D eigenvalue weighted by Crippen LogP contribution is 2.13. The minimum absolute atomic E-state index is 0.252. The number of rotatable bonds is 6. The van der Waals surface area contributed by atoms with Crippen LogP contribution >= 0.6 is 0 Å². The number of hydrogen-bond acceptors (Lipinski definition) is 2. The highest BCUT2D eigenvalue weighted by molar-refractivity contribution is 5.46. The Kier molecular flexibility index (Phi) is 4.79. The number of nitrogens with one attached hydrogen (secondary N) is 1. The third-order valence-electron chi connectivity index (χ3n) is 2.89. The molecule has 2 heteroatoms. The number of aryl methyl sites for hydroxylation is 1. The first-order chi connectivity index (χ1) is 8.88. The Morgan fingerprint density at radius 3 is 2.44 bits per heavy atom. The molecular formula is C16H19NO.